The van der Waals surface area contributed by atoms with Gasteiger partial charge in [0, 0.05) is 23.2 Å². The lowest BCUT2D eigenvalue weighted by atomic mass is 10.2. The second kappa shape index (κ2) is 12.4. The second-order valence-corrected chi connectivity index (χ2v) is 7.69. The van der Waals surface area contributed by atoms with Gasteiger partial charge in [-0.25, -0.2) is 0 Å². The summed E-state index contributed by atoms with van der Waals surface area (Å²) in [5.41, 5.74) is 6.26. The van der Waals surface area contributed by atoms with Gasteiger partial charge in [-0.05, 0) is 75.0 Å². The van der Waals surface area contributed by atoms with Crippen LogP contribution >= 0.6 is 12.2 Å². The first-order valence-corrected chi connectivity index (χ1v) is 10.8. The molecule has 0 aliphatic rings. The van der Waals surface area contributed by atoms with Gasteiger partial charge in [0.15, 0.2) is 5.11 Å². The zero-order valence-corrected chi connectivity index (χ0v) is 19.2. The molecule has 3 amide bonds. The number of nitrogens with one attached hydrogen (secondary N) is 4. The normalized spacial score (nSPS) is 10.2. The molecule has 9 heteroatoms. The van der Waals surface area contributed by atoms with Crippen LogP contribution in [0, 0.1) is 0 Å². The Hall–Kier alpha value is -3.46. The lowest BCUT2D eigenvalue weighted by Gasteiger charge is -2.13. The summed E-state index contributed by atoms with van der Waals surface area (Å²) in [6.07, 6.45) is 2.21. The number of amides is 3. The van der Waals surface area contributed by atoms with Gasteiger partial charge in [0.25, 0.3) is 11.8 Å². The summed E-state index contributed by atoms with van der Waals surface area (Å²) in [6, 6.07) is 13.2. The van der Waals surface area contributed by atoms with Crippen LogP contribution in [0.5, 0.6) is 5.75 Å². The molecule has 8 nitrogen and oxygen atoms in total. The molecule has 2 aromatic carbocycles. The van der Waals surface area contributed by atoms with E-state index in [0.29, 0.717) is 29.0 Å². The summed E-state index contributed by atoms with van der Waals surface area (Å²) in [6.45, 7) is 5.81. The SMILES string of the molecule is CCCCC(=O)Nc1ccc(C(=O)NNC(=S)NC(=O)c2cccc(OC(C)C)c2)cc1. The average molecular weight is 457 g/mol. The summed E-state index contributed by atoms with van der Waals surface area (Å²) in [4.78, 5) is 36.4. The Balaban J connectivity index is 1.83. The molecule has 2 aromatic rings. The molecular weight excluding hydrogens is 428 g/mol. The fraction of sp³-hybridized carbons (Fsp3) is 0.304. The number of hydrogen-bond acceptors (Lipinski definition) is 5. The van der Waals surface area contributed by atoms with Gasteiger partial charge in [0.05, 0.1) is 6.10 Å². The van der Waals surface area contributed by atoms with Crippen molar-refractivity contribution in [1.82, 2.24) is 16.2 Å². The molecule has 0 saturated carbocycles. The standard InChI is InChI=1S/C23H28N4O4S/c1-4-5-9-20(28)24-18-12-10-16(11-13-18)22(30)26-27-23(32)25-21(29)17-7-6-8-19(14-17)31-15(2)3/h6-8,10-15H,4-5,9H2,1-3H3,(H,24,28)(H,26,30)(H2,25,27,29,32). The molecule has 2 rings (SSSR count). The van der Waals surface area contributed by atoms with Crippen molar-refractivity contribution in [2.24, 2.45) is 0 Å². The van der Waals surface area contributed by atoms with Crippen molar-refractivity contribution >= 4 is 40.7 Å². The van der Waals surface area contributed by atoms with Crippen LogP contribution < -0.4 is 26.2 Å². The van der Waals surface area contributed by atoms with E-state index in [1.54, 1.807) is 48.5 Å². The maximum absolute atomic E-state index is 12.4. The van der Waals surface area contributed by atoms with Gasteiger partial charge in [-0.2, -0.15) is 0 Å². The Morgan fingerprint density at radius 3 is 2.34 bits per heavy atom. The molecule has 0 aromatic heterocycles. The minimum Gasteiger partial charge on any atom is -0.491 e. The van der Waals surface area contributed by atoms with E-state index in [1.165, 1.54) is 0 Å². The molecule has 0 unspecified atom stereocenters. The van der Waals surface area contributed by atoms with Crippen LogP contribution in [0.2, 0.25) is 0 Å². The monoisotopic (exact) mass is 456 g/mol. The first-order chi connectivity index (χ1) is 15.3. The highest BCUT2D eigenvalue weighted by Gasteiger charge is 2.11. The first kappa shape index (κ1) is 24.8. The highest BCUT2D eigenvalue weighted by atomic mass is 32.1. The van der Waals surface area contributed by atoms with E-state index in [4.69, 9.17) is 17.0 Å². The number of carbonyl (C=O) groups is 3. The second-order valence-electron chi connectivity index (χ2n) is 7.29. The predicted molar refractivity (Wildman–Crippen MR) is 127 cm³/mol. The Kier molecular flexibility index (Phi) is 9.62. The number of unbranched alkanes of at least 4 members (excludes halogenated alkanes) is 1. The summed E-state index contributed by atoms with van der Waals surface area (Å²) in [5, 5.41) is 5.22. The van der Waals surface area contributed by atoms with Crippen molar-refractivity contribution in [1.29, 1.82) is 0 Å². The Morgan fingerprint density at radius 1 is 0.969 bits per heavy atom. The molecule has 170 valence electrons. The lowest BCUT2D eigenvalue weighted by molar-refractivity contribution is -0.116. The van der Waals surface area contributed by atoms with Crippen LogP contribution in [-0.2, 0) is 4.79 Å². The third-order valence-electron chi connectivity index (χ3n) is 4.17. The molecule has 32 heavy (non-hydrogen) atoms. The van der Waals surface area contributed by atoms with E-state index in [0.717, 1.165) is 12.8 Å². The zero-order chi connectivity index (χ0) is 23.5. The van der Waals surface area contributed by atoms with Crippen molar-refractivity contribution in [3.05, 3.63) is 59.7 Å². The topological polar surface area (TPSA) is 109 Å². The zero-order valence-electron chi connectivity index (χ0n) is 18.4. The molecule has 0 aliphatic heterocycles. The van der Waals surface area contributed by atoms with E-state index in [-0.39, 0.29) is 17.1 Å². The number of rotatable bonds is 8. The van der Waals surface area contributed by atoms with Gasteiger partial charge in [-0.1, -0.05) is 19.4 Å². The van der Waals surface area contributed by atoms with Crippen LogP contribution in [0.15, 0.2) is 48.5 Å². The van der Waals surface area contributed by atoms with Crippen LogP contribution in [0.4, 0.5) is 5.69 Å². The number of hydrazine groups is 1. The third kappa shape index (κ3) is 8.35. The molecular formula is C23H28N4O4S. The number of hydrogen-bond donors (Lipinski definition) is 4. The van der Waals surface area contributed by atoms with Crippen LogP contribution in [0.1, 0.15) is 60.7 Å². The van der Waals surface area contributed by atoms with E-state index in [9.17, 15) is 14.4 Å². The van der Waals surface area contributed by atoms with E-state index < -0.39 is 11.8 Å². The predicted octanol–water partition coefficient (Wildman–Crippen LogP) is 3.55. The van der Waals surface area contributed by atoms with Crippen molar-refractivity contribution < 1.29 is 19.1 Å². The van der Waals surface area contributed by atoms with Crippen LogP contribution in [0.3, 0.4) is 0 Å². The van der Waals surface area contributed by atoms with Gasteiger partial charge >= 0.3 is 0 Å². The van der Waals surface area contributed by atoms with Crippen molar-refractivity contribution in [3.8, 4) is 5.75 Å². The fourth-order valence-electron chi connectivity index (χ4n) is 2.64. The fourth-order valence-corrected chi connectivity index (χ4v) is 2.78. The van der Waals surface area contributed by atoms with Gasteiger partial charge < -0.3 is 10.1 Å². The first-order valence-electron chi connectivity index (χ1n) is 10.4. The molecule has 0 bridgehead atoms. The van der Waals surface area contributed by atoms with Crippen molar-refractivity contribution in [3.63, 3.8) is 0 Å². The number of carbonyl (C=O) groups excluding carboxylic acids is 3. The van der Waals surface area contributed by atoms with E-state index >= 15 is 0 Å². The minimum absolute atomic E-state index is 0.0161. The number of thiocarbonyl (C=S) groups is 1. The highest BCUT2D eigenvalue weighted by molar-refractivity contribution is 7.80. The molecule has 0 aliphatic carbocycles. The van der Waals surface area contributed by atoms with Crippen LogP contribution in [-0.4, -0.2) is 28.9 Å². The summed E-state index contributed by atoms with van der Waals surface area (Å²) in [7, 11) is 0. The molecule has 0 spiro atoms. The number of anilines is 1. The van der Waals surface area contributed by atoms with E-state index in [2.05, 4.69) is 21.5 Å². The van der Waals surface area contributed by atoms with E-state index in [1.807, 2.05) is 20.8 Å². The van der Waals surface area contributed by atoms with Crippen molar-refractivity contribution in [2.45, 2.75) is 46.1 Å². The Morgan fingerprint density at radius 2 is 1.69 bits per heavy atom. The molecule has 0 atom stereocenters. The molecule has 0 fully saturated rings. The van der Waals surface area contributed by atoms with Crippen LogP contribution in [0.25, 0.3) is 0 Å². The van der Waals surface area contributed by atoms with Gasteiger partial charge in [0.2, 0.25) is 5.91 Å². The number of benzene rings is 2. The lowest BCUT2D eigenvalue weighted by Crippen LogP contribution is -2.48. The maximum Gasteiger partial charge on any atom is 0.269 e. The summed E-state index contributed by atoms with van der Waals surface area (Å²) in [5.74, 6) is -0.371. The third-order valence-corrected chi connectivity index (χ3v) is 4.38. The quantitative estimate of drug-likeness (QED) is 0.357. The van der Waals surface area contributed by atoms with Gasteiger partial charge in [0.1, 0.15) is 5.75 Å². The highest BCUT2D eigenvalue weighted by Crippen LogP contribution is 2.15. The Bertz CT molecular complexity index is 961. The molecule has 0 saturated heterocycles. The summed E-state index contributed by atoms with van der Waals surface area (Å²) >= 11 is 5.07. The van der Waals surface area contributed by atoms with Crippen molar-refractivity contribution in [2.75, 3.05) is 5.32 Å². The molecule has 0 radical (unpaired) electrons. The number of ether oxygens (including phenoxy) is 1. The molecule has 4 N–H and O–H groups in total. The Labute approximate surface area is 193 Å². The van der Waals surface area contributed by atoms with Gasteiger partial charge in [-0.3, -0.25) is 30.6 Å². The average Bonchev–Trinajstić information content (AvgIpc) is 2.76. The summed E-state index contributed by atoms with van der Waals surface area (Å²) < 4.78 is 5.58. The molecule has 0 heterocycles. The largest absolute Gasteiger partial charge is 0.491 e. The minimum atomic E-state index is -0.446. The smallest absolute Gasteiger partial charge is 0.269 e. The van der Waals surface area contributed by atoms with Gasteiger partial charge in [-0.15, -0.1) is 0 Å². The maximum atomic E-state index is 12.4.